The lowest BCUT2D eigenvalue weighted by Gasteiger charge is -2.27. The number of carbonyl (C=O) groups excluding carboxylic acids is 2. The number of likely N-dealkylation sites (tertiary alicyclic amines) is 1. The number of aliphatic hydroxyl groups is 2. The highest BCUT2D eigenvalue weighted by Gasteiger charge is 2.36. The molecule has 1 heterocycles. The average molecular weight is 272 g/mol. The molecule has 0 saturated carbocycles. The molecule has 1 atom stereocenters. The predicted octanol–water partition coefficient (Wildman–Crippen LogP) is -0.650. The molecule has 19 heavy (non-hydrogen) atoms. The number of hydrogen-bond donors (Lipinski definition) is 3. The molecule has 3 N–H and O–H groups in total. The Kier molecular flexibility index (Phi) is 5.31. The van der Waals surface area contributed by atoms with Crippen molar-refractivity contribution in [3.63, 3.8) is 0 Å². The molecule has 0 aliphatic carbocycles. The molecule has 6 nitrogen and oxygen atoms in total. The maximum absolute atomic E-state index is 12.0. The van der Waals surface area contributed by atoms with Gasteiger partial charge in [-0.2, -0.15) is 0 Å². The van der Waals surface area contributed by atoms with Crippen LogP contribution in [0, 0.1) is 11.8 Å². The van der Waals surface area contributed by atoms with Crippen LogP contribution in [0.2, 0.25) is 0 Å². The van der Waals surface area contributed by atoms with Crippen LogP contribution in [0.1, 0.15) is 27.2 Å². The van der Waals surface area contributed by atoms with Gasteiger partial charge in [-0.3, -0.25) is 9.59 Å². The zero-order valence-electron chi connectivity index (χ0n) is 11.8. The smallest absolute Gasteiger partial charge is 0.226 e. The van der Waals surface area contributed by atoms with Crippen LogP contribution in [0.25, 0.3) is 0 Å². The number of nitrogens with one attached hydrogen (secondary N) is 1. The Morgan fingerprint density at radius 2 is 2.05 bits per heavy atom. The van der Waals surface area contributed by atoms with Gasteiger partial charge in [0.15, 0.2) is 0 Å². The van der Waals surface area contributed by atoms with Crippen LogP contribution < -0.4 is 5.32 Å². The Morgan fingerprint density at radius 1 is 1.47 bits per heavy atom. The van der Waals surface area contributed by atoms with E-state index in [9.17, 15) is 9.59 Å². The second-order valence-corrected chi connectivity index (χ2v) is 5.96. The average Bonchev–Trinajstić information content (AvgIpc) is 2.70. The van der Waals surface area contributed by atoms with Gasteiger partial charge in [0, 0.05) is 19.5 Å². The molecule has 1 aliphatic rings. The summed E-state index contributed by atoms with van der Waals surface area (Å²) in [6.07, 6.45) is 0.200. The van der Waals surface area contributed by atoms with Crippen molar-refractivity contribution in [1.29, 1.82) is 0 Å². The highest BCUT2D eigenvalue weighted by Crippen LogP contribution is 2.20. The fourth-order valence-corrected chi connectivity index (χ4v) is 2.09. The molecule has 0 radical (unpaired) electrons. The molecule has 0 spiro atoms. The number of nitrogens with zero attached hydrogens (tertiary/aromatic N) is 1. The number of hydrogen-bond acceptors (Lipinski definition) is 4. The quantitative estimate of drug-likeness (QED) is 0.599. The lowest BCUT2D eigenvalue weighted by atomic mass is 10.0. The van der Waals surface area contributed by atoms with E-state index in [1.54, 1.807) is 11.8 Å². The maximum atomic E-state index is 12.0. The molecule has 1 rings (SSSR count). The molecule has 1 saturated heterocycles. The van der Waals surface area contributed by atoms with Crippen LogP contribution in [0.3, 0.4) is 0 Å². The molecule has 0 bridgehead atoms. The summed E-state index contributed by atoms with van der Waals surface area (Å²) in [5, 5.41) is 20.9. The zero-order valence-corrected chi connectivity index (χ0v) is 11.8. The highest BCUT2D eigenvalue weighted by molar-refractivity contribution is 5.89. The van der Waals surface area contributed by atoms with Gasteiger partial charge in [-0.1, -0.05) is 13.8 Å². The van der Waals surface area contributed by atoms with Gasteiger partial charge in [-0.15, -0.1) is 0 Å². The maximum Gasteiger partial charge on any atom is 0.226 e. The molecular formula is C13H24N2O4. The Hall–Kier alpha value is -1.14. The minimum absolute atomic E-state index is 0.0106. The number of aliphatic hydroxyl groups excluding tert-OH is 2. The molecule has 0 aromatic heterocycles. The first-order valence-electron chi connectivity index (χ1n) is 6.63. The van der Waals surface area contributed by atoms with Gasteiger partial charge in [-0.25, -0.2) is 0 Å². The second-order valence-electron chi connectivity index (χ2n) is 5.96. The zero-order chi connectivity index (χ0) is 14.6. The van der Waals surface area contributed by atoms with Crippen LogP contribution in [0.5, 0.6) is 0 Å². The van der Waals surface area contributed by atoms with Gasteiger partial charge in [-0.05, 0) is 12.8 Å². The summed E-state index contributed by atoms with van der Waals surface area (Å²) in [6, 6.07) is 0. The standard InChI is InChI=1S/C13H24N2O4/c1-9(2)5-15-6-10(4-11(15)18)12(19)14-13(3,7-16)8-17/h9-10,16-17H,4-8H2,1-3H3,(H,14,19). The van der Waals surface area contributed by atoms with Gasteiger partial charge < -0.3 is 20.4 Å². The number of amides is 2. The van der Waals surface area contributed by atoms with E-state index in [2.05, 4.69) is 5.32 Å². The molecule has 0 aromatic carbocycles. The van der Waals surface area contributed by atoms with Crippen LogP contribution in [0.4, 0.5) is 0 Å². The van der Waals surface area contributed by atoms with Crippen LogP contribution in [0.15, 0.2) is 0 Å². The van der Waals surface area contributed by atoms with Gasteiger partial charge in [0.2, 0.25) is 11.8 Å². The summed E-state index contributed by atoms with van der Waals surface area (Å²) in [5.74, 6) is -0.330. The number of rotatable bonds is 6. The normalized spacial score (nSPS) is 20.2. The van der Waals surface area contributed by atoms with Crippen molar-refractivity contribution in [1.82, 2.24) is 10.2 Å². The van der Waals surface area contributed by atoms with Gasteiger partial charge in [0.25, 0.3) is 0 Å². The molecule has 6 heteroatoms. The van der Waals surface area contributed by atoms with Gasteiger partial charge >= 0.3 is 0 Å². The minimum atomic E-state index is -1.04. The lowest BCUT2D eigenvalue weighted by molar-refractivity contribution is -0.130. The third-order valence-corrected chi connectivity index (χ3v) is 3.29. The third-order valence-electron chi connectivity index (χ3n) is 3.29. The molecule has 1 fully saturated rings. The summed E-state index contributed by atoms with van der Waals surface area (Å²) in [7, 11) is 0. The van der Waals surface area contributed by atoms with Crippen molar-refractivity contribution in [3.8, 4) is 0 Å². The highest BCUT2D eigenvalue weighted by atomic mass is 16.3. The van der Waals surface area contributed by atoms with Crippen molar-refractivity contribution < 1.29 is 19.8 Å². The second kappa shape index (κ2) is 6.34. The molecule has 0 aromatic rings. The fourth-order valence-electron chi connectivity index (χ4n) is 2.09. The van der Waals surface area contributed by atoms with Crippen molar-refractivity contribution in [3.05, 3.63) is 0 Å². The Bertz CT molecular complexity index is 340. The summed E-state index contributed by atoms with van der Waals surface area (Å²) in [4.78, 5) is 25.5. The molecule has 110 valence electrons. The Labute approximate surface area is 113 Å². The lowest BCUT2D eigenvalue weighted by Crippen LogP contribution is -2.53. The van der Waals surface area contributed by atoms with Crippen molar-refractivity contribution in [2.24, 2.45) is 11.8 Å². The van der Waals surface area contributed by atoms with Gasteiger partial charge in [0.1, 0.15) is 0 Å². The number of carbonyl (C=O) groups is 2. The topological polar surface area (TPSA) is 89.9 Å². The molecule has 1 unspecified atom stereocenters. The minimum Gasteiger partial charge on any atom is -0.394 e. The van der Waals surface area contributed by atoms with E-state index in [-0.39, 0.29) is 31.4 Å². The summed E-state index contributed by atoms with van der Waals surface area (Å²) in [5.41, 5.74) is -1.04. The Morgan fingerprint density at radius 3 is 2.53 bits per heavy atom. The Balaban J connectivity index is 2.58. The van der Waals surface area contributed by atoms with E-state index in [0.717, 1.165) is 0 Å². The van der Waals surface area contributed by atoms with Crippen molar-refractivity contribution >= 4 is 11.8 Å². The van der Waals surface area contributed by atoms with Crippen molar-refractivity contribution in [2.45, 2.75) is 32.7 Å². The van der Waals surface area contributed by atoms with Crippen molar-refractivity contribution in [2.75, 3.05) is 26.3 Å². The molecular weight excluding hydrogens is 248 g/mol. The predicted molar refractivity (Wildman–Crippen MR) is 70.2 cm³/mol. The van der Waals surface area contributed by atoms with E-state index in [4.69, 9.17) is 10.2 Å². The van der Waals surface area contributed by atoms with E-state index in [1.807, 2.05) is 13.8 Å². The van der Waals surface area contributed by atoms with E-state index < -0.39 is 11.5 Å². The van der Waals surface area contributed by atoms with Gasteiger partial charge in [0.05, 0.1) is 24.7 Å². The molecule has 2 amide bonds. The van der Waals surface area contributed by atoms with E-state index in [0.29, 0.717) is 19.0 Å². The SMILES string of the molecule is CC(C)CN1CC(C(=O)NC(C)(CO)CO)CC1=O. The first kappa shape index (κ1) is 15.9. The van der Waals surface area contributed by atoms with E-state index >= 15 is 0 Å². The molecule has 1 aliphatic heterocycles. The summed E-state index contributed by atoms with van der Waals surface area (Å²) < 4.78 is 0. The first-order valence-corrected chi connectivity index (χ1v) is 6.63. The summed E-state index contributed by atoms with van der Waals surface area (Å²) in [6.45, 7) is 5.99. The van der Waals surface area contributed by atoms with Crippen LogP contribution in [-0.2, 0) is 9.59 Å². The monoisotopic (exact) mass is 272 g/mol. The third kappa shape index (κ3) is 4.18. The first-order chi connectivity index (χ1) is 8.81. The fraction of sp³-hybridized carbons (Fsp3) is 0.846. The largest absolute Gasteiger partial charge is 0.394 e. The van der Waals surface area contributed by atoms with Crippen LogP contribution in [-0.4, -0.2) is 58.8 Å². The summed E-state index contributed by atoms with van der Waals surface area (Å²) >= 11 is 0. The van der Waals surface area contributed by atoms with Crippen LogP contribution >= 0.6 is 0 Å². The van der Waals surface area contributed by atoms with E-state index in [1.165, 1.54) is 0 Å².